The first-order valence-electron chi connectivity index (χ1n) is 5.78. The zero-order valence-corrected chi connectivity index (χ0v) is 13.2. The van der Waals surface area contributed by atoms with Crippen molar-refractivity contribution in [3.05, 3.63) is 0 Å². The molecule has 0 aromatic heterocycles. The van der Waals surface area contributed by atoms with E-state index in [9.17, 15) is 4.79 Å². The Labute approximate surface area is 113 Å². The predicted octanol–water partition coefficient (Wildman–Crippen LogP) is 3.09. The molecule has 0 rings (SSSR count). The summed E-state index contributed by atoms with van der Waals surface area (Å²) in [6, 6.07) is 0. The molecule has 1 N–H and O–H groups in total. The zero-order chi connectivity index (χ0) is 13.7. The molecule has 1 amide bonds. The van der Waals surface area contributed by atoms with Gasteiger partial charge in [0.1, 0.15) is 5.60 Å². The Kier molecular flexibility index (Phi) is 6.48. The van der Waals surface area contributed by atoms with Crippen LogP contribution in [0.25, 0.3) is 0 Å². The van der Waals surface area contributed by atoms with Crippen LogP contribution in [0.15, 0.2) is 0 Å². The Balaban J connectivity index is 4.19. The Morgan fingerprint density at radius 1 is 1.29 bits per heavy atom. The van der Waals surface area contributed by atoms with Gasteiger partial charge in [0.2, 0.25) is 0 Å². The number of carbonyl (C=O) groups is 1. The van der Waals surface area contributed by atoms with Gasteiger partial charge in [-0.25, -0.2) is 4.79 Å². The smallest absolute Gasteiger partial charge is 0.407 e. The molecule has 0 aromatic rings. The lowest BCUT2D eigenvalue weighted by atomic mass is 10.1. The molecule has 1 unspecified atom stereocenters. The van der Waals surface area contributed by atoms with Crippen molar-refractivity contribution in [2.24, 2.45) is 0 Å². The molecule has 0 aliphatic rings. The van der Waals surface area contributed by atoms with Crippen LogP contribution in [0.3, 0.4) is 0 Å². The van der Waals surface area contributed by atoms with Crippen molar-refractivity contribution in [1.82, 2.24) is 5.32 Å². The second-order valence-corrected chi connectivity index (χ2v) is 6.17. The number of ether oxygens (including phenoxy) is 2. The highest BCUT2D eigenvalue weighted by Crippen LogP contribution is 2.16. The Hall–Kier alpha value is -0.290. The van der Waals surface area contributed by atoms with Crippen LogP contribution < -0.4 is 5.32 Å². The van der Waals surface area contributed by atoms with Crippen LogP contribution in [0.1, 0.15) is 41.5 Å². The lowest BCUT2D eigenvalue weighted by Crippen LogP contribution is -2.46. The first-order valence-corrected chi connectivity index (χ1v) is 6.91. The van der Waals surface area contributed by atoms with Gasteiger partial charge in [-0.05, 0) is 41.5 Å². The van der Waals surface area contributed by atoms with E-state index in [-0.39, 0.29) is 6.10 Å². The third-order valence-corrected chi connectivity index (χ3v) is 2.99. The zero-order valence-electron chi connectivity index (χ0n) is 11.6. The number of hydrogen-bond acceptors (Lipinski definition) is 3. The highest BCUT2D eigenvalue weighted by molar-refractivity contribution is 9.09. The monoisotopic (exact) mass is 309 g/mol. The van der Waals surface area contributed by atoms with Gasteiger partial charge in [-0.2, -0.15) is 0 Å². The molecule has 0 aliphatic heterocycles. The third kappa shape index (κ3) is 8.44. The van der Waals surface area contributed by atoms with E-state index in [4.69, 9.17) is 9.47 Å². The van der Waals surface area contributed by atoms with E-state index in [1.165, 1.54) is 0 Å². The van der Waals surface area contributed by atoms with Crippen LogP contribution in [0.2, 0.25) is 0 Å². The summed E-state index contributed by atoms with van der Waals surface area (Å²) in [4.78, 5) is 11.5. The molecule has 0 bridgehead atoms. The topological polar surface area (TPSA) is 47.6 Å². The van der Waals surface area contributed by atoms with Crippen LogP contribution in [0.4, 0.5) is 4.79 Å². The first-order chi connectivity index (χ1) is 7.58. The van der Waals surface area contributed by atoms with E-state index in [0.29, 0.717) is 11.9 Å². The second kappa shape index (κ2) is 6.59. The van der Waals surface area contributed by atoms with Crippen LogP contribution >= 0.6 is 15.9 Å². The Morgan fingerprint density at radius 2 is 1.82 bits per heavy atom. The lowest BCUT2D eigenvalue weighted by Gasteiger charge is -2.30. The maximum atomic E-state index is 11.5. The fraction of sp³-hybridized carbons (Fsp3) is 0.917. The summed E-state index contributed by atoms with van der Waals surface area (Å²) < 4.78 is 10.9. The molecule has 0 aromatic carbocycles. The number of halogens is 1. The predicted molar refractivity (Wildman–Crippen MR) is 72.7 cm³/mol. The average molecular weight is 310 g/mol. The first kappa shape index (κ1) is 16.7. The summed E-state index contributed by atoms with van der Waals surface area (Å²) in [6.07, 6.45) is -0.310. The summed E-state index contributed by atoms with van der Waals surface area (Å²) in [6.45, 7) is 11.8. The molecule has 0 radical (unpaired) electrons. The fourth-order valence-corrected chi connectivity index (χ4v) is 1.59. The molecular formula is C12H24BrNO3. The molecule has 0 aliphatic carbocycles. The summed E-state index contributed by atoms with van der Waals surface area (Å²) >= 11 is 3.39. The molecule has 0 heterocycles. The molecule has 17 heavy (non-hydrogen) atoms. The molecule has 0 fully saturated rings. The van der Waals surface area contributed by atoms with Crippen LogP contribution in [-0.4, -0.2) is 35.3 Å². The largest absolute Gasteiger partial charge is 0.444 e. The number of alkyl halides is 1. The quantitative estimate of drug-likeness (QED) is 0.794. The van der Waals surface area contributed by atoms with Gasteiger partial charge in [-0.15, -0.1) is 0 Å². The summed E-state index contributed by atoms with van der Waals surface area (Å²) in [5, 5.41) is 3.37. The second-order valence-electron chi connectivity index (χ2n) is 5.61. The van der Waals surface area contributed by atoms with E-state index < -0.39 is 17.3 Å². The van der Waals surface area contributed by atoms with Crippen LogP contribution in [0.5, 0.6) is 0 Å². The highest BCUT2D eigenvalue weighted by atomic mass is 79.9. The maximum Gasteiger partial charge on any atom is 0.407 e. The van der Waals surface area contributed by atoms with Crippen molar-refractivity contribution in [1.29, 1.82) is 0 Å². The number of alkyl carbamates (subject to hydrolysis) is 1. The van der Waals surface area contributed by atoms with Gasteiger partial charge in [-0.1, -0.05) is 15.9 Å². The van der Waals surface area contributed by atoms with E-state index in [1.54, 1.807) is 0 Å². The number of nitrogens with one attached hydrogen (secondary N) is 1. The van der Waals surface area contributed by atoms with Crippen molar-refractivity contribution in [2.45, 2.75) is 58.8 Å². The summed E-state index contributed by atoms with van der Waals surface area (Å²) in [5.74, 6) is 0. The Morgan fingerprint density at radius 3 is 2.18 bits per heavy atom. The van der Waals surface area contributed by atoms with Gasteiger partial charge in [0.25, 0.3) is 0 Å². The molecule has 102 valence electrons. The molecule has 0 spiro atoms. The van der Waals surface area contributed by atoms with Gasteiger partial charge >= 0.3 is 6.09 Å². The van der Waals surface area contributed by atoms with Crippen molar-refractivity contribution in [2.75, 3.05) is 11.9 Å². The molecule has 1 atom stereocenters. The standard InChI is InChI=1S/C12H24BrNO3/c1-9(2)16-12(6,7-13)8-14-10(15)17-11(3,4)5/h9H,7-8H2,1-6H3,(H,14,15). The molecule has 0 saturated carbocycles. The number of amides is 1. The van der Waals surface area contributed by atoms with Crippen molar-refractivity contribution >= 4 is 22.0 Å². The minimum Gasteiger partial charge on any atom is -0.444 e. The number of carbonyl (C=O) groups excluding carboxylic acids is 1. The fourth-order valence-electron chi connectivity index (χ4n) is 1.26. The minimum absolute atomic E-state index is 0.109. The molecule has 0 saturated heterocycles. The van der Waals surface area contributed by atoms with E-state index >= 15 is 0 Å². The van der Waals surface area contributed by atoms with E-state index in [1.807, 2.05) is 41.5 Å². The van der Waals surface area contributed by atoms with E-state index in [0.717, 1.165) is 0 Å². The molecule has 5 heteroatoms. The number of hydrogen-bond donors (Lipinski definition) is 1. The molecule has 4 nitrogen and oxygen atoms in total. The van der Waals surface area contributed by atoms with Crippen molar-refractivity contribution < 1.29 is 14.3 Å². The van der Waals surface area contributed by atoms with Crippen LogP contribution in [-0.2, 0) is 9.47 Å². The van der Waals surface area contributed by atoms with Crippen LogP contribution in [0, 0.1) is 0 Å². The van der Waals surface area contributed by atoms with Gasteiger partial charge in [0, 0.05) is 5.33 Å². The normalized spacial score (nSPS) is 15.5. The van der Waals surface area contributed by atoms with Gasteiger partial charge in [0.05, 0.1) is 18.2 Å². The Bertz CT molecular complexity index is 251. The van der Waals surface area contributed by atoms with Gasteiger partial charge in [-0.3, -0.25) is 0 Å². The van der Waals surface area contributed by atoms with E-state index in [2.05, 4.69) is 21.2 Å². The molecular weight excluding hydrogens is 286 g/mol. The average Bonchev–Trinajstić information content (AvgIpc) is 2.11. The lowest BCUT2D eigenvalue weighted by molar-refractivity contribution is -0.0507. The maximum absolute atomic E-state index is 11.5. The number of rotatable bonds is 5. The van der Waals surface area contributed by atoms with Crippen molar-refractivity contribution in [3.63, 3.8) is 0 Å². The summed E-state index contributed by atoms with van der Waals surface area (Å²) in [7, 11) is 0. The highest BCUT2D eigenvalue weighted by Gasteiger charge is 2.27. The SMILES string of the molecule is CC(C)OC(C)(CBr)CNC(=O)OC(C)(C)C. The summed E-state index contributed by atoms with van der Waals surface area (Å²) in [5.41, 5.74) is -0.904. The van der Waals surface area contributed by atoms with Gasteiger partial charge < -0.3 is 14.8 Å². The van der Waals surface area contributed by atoms with Crippen molar-refractivity contribution in [3.8, 4) is 0 Å². The third-order valence-electron chi connectivity index (χ3n) is 1.81. The van der Waals surface area contributed by atoms with Gasteiger partial charge in [0.15, 0.2) is 0 Å². The minimum atomic E-state index is -0.478.